The first-order valence-electron chi connectivity index (χ1n) is 6.27. The first kappa shape index (κ1) is 14.9. The minimum atomic E-state index is -0.184. The number of nitrogens with one attached hydrogen (secondary N) is 1. The number of hydrogen-bond acceptors (Lipinski definition) is 3. The number of hydrogen-bond donors (Lipinski definition) is 1. The molecular formula is C14H16FIN2S. The van der Waals surface area contributed by atoms with Crippen LogP contribution < -0.4 is 5.32 Å². The first-order chi connectivity index (χ1) is 9.20. The average Bonchev–Trinajstić information content (AvgIpc) is 2.88. The third-order valence-corrected chi connectivity index (χ3v) is 4.58. The van der Waals surface area contributed by atoms with Crippen LogP contribution in [0.25, 0.3) is 0 Å². The Labute approximate surface area is 130 Å². The van der Waals surface area contributed by atoms with Crippen LogP contribution >= 0.6 is 33.9 Å². The van der Waals surface area contributed by atoms with Gasteiger partial charge in [0.1, 0.15) is 5.82 Å². The van der Waals surface area contributed by atoms with Crippen molar-refractivity contribution < 1.29 is 4.39 Å². The number of nitrogens with zero attached hydrogens (tertiary/aromatic N) is 1. The third-order valence-electron chi connectivity index (χ3n) is 2.84. The summed E-state index contributed by atoms with van der Waals surface area (Å²) in [5, 5.41) is 6.62. The molecule has 0 fully saturated rings. The summed E-state index contributed by atoms with van der Waals surface area (Å²) in [6.07, 6.45) is 3.75. The topological polar surface area (TPSA) is 24.9 Å². The summed E-state index contributed by atoms with van der Waals surface area (Å²) in [4.78, 5) is 4.34. The van der Waals surface area contributed by atoms with Gasteiger partial charge in [0.25, 0.3) is 0 Å². The summed E-state index contributed by atoms with van der Waals surface area (Å²) >= 11 is 3.86. The molecule has 1 heterocycles. The molecule has 2 aromatic rings. The van der Waals surface area contributed by atoms with E-state index >= 15 is 0 Å². The predicted octanol–water partition coefficient (Wildman–Crippen LogP) is 4.17. The lowest BCUT2D eigenvalue weighted by Gasteiger charge is -2.19. The van der Waals surface area contributed by atoms with E-state index in [9.17, 15) is 4.39 Å². The number of aromatic nitrogens is 1. The van der Waals surface area contributed by atoms with Crippen molar-refractivity contribution in [3.8, 4) is 0 Å². The second-order valence-corrected chi connectivity index (χ2v) is 6.44. The van der Waals surface area contributed by atoms with Gasteiger partial charge in [0.05, 0.1) is 5.01 Å². The monoisotopic (exact) mass is 390 g/mol. The summed E-state index contributed by atoms with van der Waals surface area (Å²) in [7, 11) is 0. The fourth-order valence-corrected chi connectivity index (χ4v) is 3.44. The zero-order valence-electron chi connectivity index (χ0n) is 10.7. The molecule has 1 aromatic heterocycles. The lowest BCUT2D eigenvalue weighted by atomic mass is 10.0. The van der Waals surface area contributed by atoms with Gasteiger partial charge in [-0.2, -0.15) is 0 Å². The lowest BCUT2D eigenvalue weighted by Crippen LogP contribution is -2.25. The molecule has 0 saturated carbocycles. The summed E-state index contributed by atoms with van der Waals surface area (Å²) < 4.78 is 14.2. The molecule has 0 aliphatic carbocycles. The Morgan fingerprint density at radius 3 is 2.95 bits per heavy atom. The zero-order valence-corrected chi connectivity index (χ0v) is 13.7. The van der Waals surface area contributed by atoms with Crippen LogP contribution in [0.1, 0.15) is 30.0 Å². The smallest absolute Gasteiger partial charge is 0.124 e. The largest absolute Gasteiger partial charge is 0.310 e. The number of rotatable bonds is 6. The van der Waals surface area contributed by atoms with Crippen molar-refractivity contribution in [1.29, 1.82) is 0 Å². The molecule has 0 amide bonds. The van der Waals surface area contributed by atoms with E-state index in [0.717, 1.165) is 33.5 Å². The van der Waals surface area contributed by atoms with E-state index in [1.807, 2.05) is 17.6 Å². The maximum absolute atomic E-state index is 13.2. The highest BCUT2D eigenvalue weighted by molar-refractivity contribution is 14.1. The van der Waals surface area contributed by atoms with Gasteiger partial charge in [-0.05, 0) is 53.3 Å². The fourth-order valence-electron chi connectivity index (χ4n) is 1.92. The van der Waals surface area contributed by atoms with Crippen molar-refractivity contribution in [1.82, 2.24) is 10.3 Å². The number of halogens is 2. The van der Waals surface area contributed by atoms with Gasteiger partial charge >= 0.3 is 0 Å². The third kappa shape index (κ3) is 4.22. The maximum atomic E-state index is 13.2. The molecule has 2 nitrogen and oxygen atoms in total. The van der Waals surface area contributed by atoms with Gasteiger partial charge in [-0.1, -0.05) is 13.0 Å². The van der Waals surface area contributed by atoms with Crippen molar-refractivity contribution in [3.63, 3.8) is 0 Å². The Morgan fingerprint density at radius 2 is 2.32 bits per heavy atom. The van der Waals surface area contributed by atoms with Crippen LogP contribution in [0, 0.1) is 9.39 Å². The molecule has 19 heavy (non-hydrogen) atoms. The average molecular weight is 390 g/mol. The second kappa shape index (κ2) is 7.31. The van der Waals surface area contributed by atoms with Gasteiger partial charge in [0.15, 0.2) is 0 Å². The molecule has 0 saturated heterocycles. The van der Waals surface area contributed by atoms with Crippen LogP contribution in [0.15, 0.2) is 29.8 Å². The van der Waals surface area contributed by atoms with E-state index in [2.05, 4.69) is 39.8 Å². The van der Waals surface area contributed by atoms with Crippen molar-refractivity contribution in [2.45, 2.75) is 25.8 Å². The number of benzene rings is 1. The summed E-state index contributed by atoms with van der Waals surface area (Å²) in [5.74, 6) is -0.184. The van der Waals surface area contributed by atoms with Crippen LogP contribution in [0.2, 0.25) is 0 Å². The van der Waals surface area contributed by atoms with Crippen LogP contribution in [-0.4, -0.2) is 11.5 Å². The highest BCUT2D eigenvalue weighted by atomic mass is 127. The van der Waals surface area contributed by atoms with Gasteiger partial charge in [0, 0.05) is 27.6 Å². The zero-order chi connectivity index (χ0) is 13.7. The van der Waals surface area contributed by atoms with Crippen molar-refractivity contribution in [2.24, 2.45) is 0 Å². The minimum absolute atomic E-state index is 0.184. The standard InChI is InChI=1S/C14H16FIN2S/c1-2-5-17-13(9-14-18-6-7-19-14)11-4-3-10(15)8-12(11)16/h3-4,6-8,13,17H,2,5,9H2,1H3. The molecule has 2 rings (SSSR count). The van der Waals surface area contributed by atoms with Gasteiger partial charge in [-0.15, -0.1) is 11.3 Å². The van der Waals surface area contributed by atoms with E-state index in [4.69, 9.17) is 0 Å². The SMILES string of the molecule is CCCNC(Cc1nccs1)c1ccc(F)cc1I. The highest BCUT2D eigenvalue weighted by Gasteiger charge is 2.16. The first-order valence-corrected chi connectivity index (χ1v) is 8.23. The molecule has 0 bridgehead atoms. The molecule has 0 radical (unpaired) electrons. The second-order valence-electron chi connectivity index (χ2n) is 4.30. The van der Waals surface area contributed by atoms with Gasteiger partial charge in [-0.3, -0.25) is 0 Å². The van der Waals surface area contributed by atoms with Crippen molar-refractivity contribution in [2.75, 3.05) is 6.54 Å². The molecule has 0 spiro atoms. The summed E-state index contributed by atoms with van der Waals surface area (Å²) in [6.45, 7) is 3.09. The molecule has 0 aliphatic rings. The maximum Gasteiger partial charge on any atom is 0.124 e. The molecule has 1 unspecified atom stereocenters. The minimum Gasteiger partial charge on any atom is -0.310 e. The normalized spacial score (nSPS) is 12.6. The van der Waals surface area contributed by atoms with Crippen LogP contribution in [0.3, 0.4) is 0 Å². The van der Waals surface area contributed by atoms with E-state index in [1.165, 1.54) is 6.07 Å². The quantitative estimate of drug-likeness (QED) is 0.749. The van der Waals surface area contributed by atoms with E-state index in [0.29, 0.717) is 0 Å². The molecule has 5 heteroatoms. The lowest BCUT2D eigenvalue weighted by molar-refractivity contribution is 0.524. The fraction of sp³-hybridized carbons (Fsp3) is 0.357. The predicted molar refractivity (Wildman–Crippen MR) is 86.0 cm³/mol. The Kier molecular flexibility index (Phi) is 5.72. The van der Waals surface area contributed by atoms with Crippen LogP contribution in [0.4, 0.5) is 4.39 Å². The molecule has 1 aromatic carbocycles. The molecular weight excluding hydrogens is 374 g/mol. The van der Waals surface area contributed by atoms with Gasteiger partial charge < -0.3 is 5.32 Å². The summed E-state index contributed by atoms with van der Waals surface area (Å²) in [5.41, 5.74) is 1.14. The van der Waals surface area contributed by atoms with E-state index in [1.54, 1.807) is 17.4 Å². The molecule has 1 atom stereocenters. The Morgan fingerprint density at radius 1 is 1.47 bits per heavy atom. The highest BCUT2D eigenvalue weighted by Crippen LogP contribution is 2.25. The Bertz CT molecular complexity index is 516. The van der Waals surface area contributed by atoms with Crippen molar-refractivity contribution in [3.05, 3.63) is 49.7 Å². The molecule has 1 N–H and O–H groups in total. The van der Waals surface area contributed by atoms with Gasteiger partial charge in [0.2, 0.25) is 0 Å². The van der Waals surface area contributed by atoms with E-state index < -0.39 is 0 Å². The number of thiazole rings is 1. The summed E-state index contributed by atoms with van der Waals surface area (Å²) in [6, 6.07) is 5.18. The Hall–Kier alpha value is -0.530. The van der Waals surface area contributed by atoms with Crippen LogP contribution in [-0.2, 0) is 6.42 Å². The molecule has 0 aliphatic heterocycles. The Balaban J connectivity index is 2.20. The van der Waals surface area contributed by atoms with Crippen LogP contribution in [0.5, 0.6) is 0 Å². The van der Waals surface area contributed by atoms with E-state index in [-0.39, 0.29) is 11.9 Å². The van der Waals surface area contributed by atoms with Crippen molar-refractivity contribution >= 4 is 33.9 Å². The molecule has 102 valence electrons. The van der Waals surface area contributed by atoms with Gasteiger partial charge in [-0.25, -0.2) is 9.37 Å².